The Hall–Kier alpha value is -2.66. The number of thioether (sulfide) groups is 1. The topological polar surface area (TPSA) is 42.0 Å². The Morgan fingerprint density at radius 3 is 2.56 bits per heavy atom. The Morgan fingerprint density at radius 1 is 1.00 bits per heavy atom. The van der Waals surface area contributed by atoms with E-state index in [2.05, 4.69) is 10.3 Å². The second kappa shape index (κ2) is 8.44. The Bertz CT molecular complexity index is 838. The van der Waals surface area contributed by atoms with Gasteiger partial charge in [0, 0.05) is 29.6 Å². The minimum absolute atomic E-state index is 0.119. The van der Waals surface area contributed by atoms with E-state index in [4.69, 9.17) is 0 Å². The highest BCUT2D eigenvalue weighted by Gasteiger charge is 2.11. The molecule has 3 nitrogen and oxygen atoms in total. The average molecular weight is 352 g/mol. The van der Waals surface area contributed by atoms with E-state index in [1.165, 1.54) is 12.1 Å². The molecular weight excluding hydrogens is 335 g/mol. The minimum atomic E-state index is -0.246. The molecule has 0 radical (unpaired) electrons. The number of nitrogens with one attached hydrogen (secondary N) is 1. The maximum atomic E-state index is 13.0. The van der Waals surface area contributed by atoms with Crippen molar-refractivity contribution in [2.45, 2.75) is 17.2 Å². The minimum Gasteiger partial charge on any atom is -0.348 e. The van der Waals surface area contributed by atoms with Gasteiger partial charge >= 0.3 is 0 Å². The fraction of sp³-hybridized carbons (Fsp3) is 0.100. The van der Waals surface area contributed by atoms with Gasteiger partial charge in [0.2, 0.25) is 0 Å². The summed E-state index contributed by atoms with van der Waals surface area (Å²) in [6, 6.07) is 17.7. The first-order valence-electron chi connectivity index (χ1n) is 7.86. The molecular formula is C20H17FN2OS. The summed E-state index contributed by atoms with van der Waals surface area (Å²) in [5.74, 6) is 0.308. The van der Waals surface area contributed by atoms with Gasteiger partial charge in [-0.3, -0.25) is 9.78 Å². The van der Waals surface area contributed by atoms with E-state index >= 15 is 0 Å². The first-order chi connectivity index (χ1) is 12.2. The van der Waals surface area contributed by atoms with Gasteiger partial charge in [0.05, 0.1) is 5.56 Å². The molecule has 0 saturated carbocycles. The van der Waals surface area contributed by atoms with Crippen LogP contribution in [0.2, 0.25) is 0 Å². The zero-order chi connectivity index (χ0) is 17.5. The summed E-state index contributed by atoms with van der Waals surface area (Å²) in [5, 5.41) is 2.92. The molecule has 0 aliphatic rings. The Kier molecular flexibility index (Phi) is 5.80. The number of benzene rings is 2. The van der Waals surface area contributed by atoms with E-state index in [1.807, 2.05) is 36.4 Å². The maximum Gasteiger partial charge on any atom is 0.252 e. The predicted octanol–water partition coefficient (Wildman–Crippen LogP) is 4.44. The molecule has 25 heavy (non-hydrogen) atoms. The highest BCUT2D eigenvalue weighted by molar-refractivity contribution is 7.98. The number of halogens is 1. The van der Waals surface area contributed by atoms with Gasteiger partial charge in [0.25, 0.3) is 5.91 Å². The molecule has 1 heterocycles. The average Bonchev–Trinajstić information content (AvgIpc) is 2.67. The molecule has 3 rings (SSSR count). The number of rotatable bonds is 6. The van der Waals surface area contributed by atoms with Crippen molar-refractivity contribution < 1.29 is 9.18 Å². The molecule has 0 unspecified atom stereocenters. The SMILES string of the molecule is O=C(NCc1cccnc1)c1ccccc1SCc1ccc(F)cc1. The summed E-state index contributed by atoms with van der Waals surface area (Å²) in [7, 11) is 0. The summed E-state index contributed by atoms with van der Waals surface area (Å²) in [6.45, 7) is 0.434. The maximum absolute atomic E-state index is 13.0. The van der Waals surface area contributed by atoms with Gasteiger partial charge in [0.1, 0.15) is 5.82 Å². The Labute approximate surface area is 150 Å². The Balaban J connectivity index is 1.65. The van der Waals surface area contributed by atoms with Crippen LogP contribution in [-0.4, -0.2) is 10.9 Å². The number of nitrogens with zero attached hydrogens (tertiary/aromatic N) is 1. The number of hydrogen-bond acceptors (Lipinski definition) is 3. The van der Waals surface area contributed by atoms with Crippen LogP contribution in [0.1, 0.15) is 21.5 Å². The van der Waals surface area contributed by atoms with Gasteiger partial charge in [-0.05, 0) is 41.5 Å². The smallest absolute Gasteiger partial charge is 0.252 e. The number of carbonyl (C=O) groups excluding carboxylic acids is 1. The van der Waals surface area contributed by atoms with Crippen molar-refractivity contribution in [2.75, 3.05) is 0 Å². The van der Waals surface area contributed by atoms with Crippen LogP contribution in [0.5, 0.6) is 0 Å². The summed E-state index contributed by atoms with van der Waals surface area (Å²) in [6.07, 6.45) is 3.43. The standard InChI is InChI=1S/C20H17FN2OS/c21-17-9-7-15(8-10-17)14-25-19-6-2-1-5-18(19)20(24)23-13-16-4-3-11-22-12-16/h1-12H,13-14H2,(H,23,24). The van der Waals surface area contributed by atoms with Crippen LogP contribution in [0.15, 0.2) is 78.0 Å². The zero-order valence-electron chi connectivity index (χ0n) is 13.5. The Morgan fingerprint density at radius 2 is 1.80 bits per heavy atom. The quantitative estimate of drug-likeness (QED) is 0.667. The molecule has 0 fully saturated rings. The van der Waals surface area contributed by atoms with Crippen LogP contribution < -0.4 is 5.32 Å². The third kappa shape index (κ3) is 4.90. The number of carbonyl (C=O) groups is 1. The van der Waals surface area contributed by atoms with E-state index in [0.29, 0.717) is 17.9 Å². The van der Waals surface area contributed by atoms with Gasteiger partial charge in [-0.15, -0.1) is 11.8 Å². The molecule has 1 aromatic heterocycles. The van der Waals surface area contributed by atoms with Crippen molar-refractivity contribution in [1.29, 1.82) is 0 Å². The number of hydrogen-bond donors (Lipinski definition) is 1. The molecule has 1 N–H and O–H groups in total. The molecule has 0 spiro atoms. The van der Waals surface area contributed by atoms with E-state index in [-0.39, 0.29) is 11.7 Å². The zero-order valence-corrected chi connectivity index (χ0v) is 14.3. The molecule has 5 heteroatoms. The molecule has 0 aliphatic carbocycles. The van der Waals surface area contributed by atoms with E-state index < -0.39 is 0 Å². The highest BCUT2D eigenvalue weighted by atomic mass is 32.2. The highest BCUT2D eigenvalue weighted by Crippen LogP contribution is 2.26. The fourth-order valence-electron chi connectivity index (χ4n) is 2.30. The molecule has 126 valence electrons. The van der Waals surface area contributed by atoms with Crippen molar-refractivity contribution in [3.8, 4) is 0 Å². The van der Waals surface area contributed by atoms with Crippen molar-refractivity contribution in [1.82, 2.24) is 10.3 Å². The third-order valence-corrected chi connectivity index (χ3v) is 4.76. The molecule has 1 amide bonds. The second-order valence-electron chi connectivity index (χ2n) is 5.46. The van der Waals surface area contributed by atoms with Crippen molar-refractivity contribution in [3.05, 3.63) is 95.6 Å². The molecule has 0 bridgehead atoms. The normalized spacial score (nSPS) is 10.4. The molecule has 0 atom stereocenters. The van der Waals surface area contributed by atoms with Crippen molar-refractivity contribution in [2.24, 2.45) is 0 Å². The number of aromatic nitrogens is 1. The summed E-state index contributed by atoms with van der Waals surface area (Å²) >= 11 is 1.56. The molecule has 2 aromatic carbocycles. The van der Waals surface area contributed by atoms with Crippen LogP contribution >= 0.6 is 11.8 Å². The fourth-order valence-corrected chi connectivity index (χ4v) is 3.31. The van der Waals surface area contributed by atoms with Crippen LogP contribution in [0.25, 0.3) is 0 Å². The molecule has 0 aliphatic heterocycles. The first kappa shape index (κ1) is 17.2. The van der Waals surface area contributed by atoms with Crippen LogP contribution in [0.3, 0.4) is 0 Å². The number of pyridine rings is 1. The van der Waals surface area contributed by atoms with Crippen LogP contribution in [-0.2, 0) is 12.3 Å². The lowest BCUT2D eigenvalue weighted by atomic mass is 10.2. The molecule has 3 aromatic rings. The lowest BCUT2D eigenvalue weighted by Crippen LogP contribution is -2.23. The van der Waals surface area contributed by atoms with Crippen molar-refractivity contribution >= 4 is 17.7 Å². The van der Waals surface area contributed by atoms with Gasteiger partial charge in [-0.2, -0.15) is 0 Å². The monoisotopic (exact) mass is 352 g/mol. The third-order valence-electron chi connectivity index (χ3n) is 3.62. The van der Waals surface area contributed by atoms with Crippen LogP contribution in [0, 0.1) is 5.82 Å². The summed E-state index contributed by atoms with van der Waals surface area (Å²) in [4.78, 5) is 17.4. The predicted molar refractivity (Wildman–Crippen MR) is 97.8 cm³/mol. The lowest BCUT2D eigenvalue weighted by molar-refractivity contribution is 0.0948. The van der Waals surface area contributed by atoms with Gasteiger partial charge in [-0.1, -0.05) is 30.3 Å². The van der Waals surface area contributed by atoms with Gasteiger partial charge in [0.15, 0.2) is 0 Å². The van der Waals surface area contributed by atoms with E-state index in [9.17, 15) is 9.18 Å². The summed E-state index contributed by atoms with van der Waals surface area (Å²) < 4.78 is 13.0. The van der Waals surface area contributed by atoms with E-state index in [1.54, 1.807) is 36.3 Å². The van der Waals surface area contributed by atoms with E-state index in [0.717, 1.165) is 16.0 Å². The second-order valence-corrected chi connectivity index (χ2v) is 6.47. The number of amides is 1. The van der Waals surface area contributed by atoms with Crippen LogP contribution in [0.4, 0.5) is 4.39 Å². The van der Waals surface area contributed by atoms with Crippen molar-refractivity contribution in [3.63, 3.8) is 0 Å². The van der Waals surface area contributed by atoms with Gasteiger partial charge in [-0.25, -0.2) is 4.39 Å². The largest absolute Gasteiger partial charge is 0.348 e. The van der Waals surface area contributed by atoms with Gasteiger partial charge < -0.3 is 5.32 Å². The summed E-state index contributed by atoms with van der Waals surface area (Å²) in [5.41, 5.74) is 2.60. The lowest BCUT2D eigenvalue weighted by Gasteiger charge is -2.10. The molecule has 0 saturated heterocycles. The first-order valence-corrected chi connectivity index (χ1v) is 8.84.